The number of methoxy groups -OCH3 is 1. The number of amides is 2. The van der Waals surface area contributed by atoms with Crippen molar-refractivity contribution in [3.63, 3.8) is 0 Å². The first-order valence-electron chi connectivity index (χ1n) is 9.74. The molecule has 0 aliphatic carbocycles. The van der Waals surface area contributed by atoms with Crippen LogP contribution in [0.3, 0.4) is 0 Å². The molecule has 0 radical (unpaired) electrons. The molecule has 1 saturated heterocycles. The van der Waals surface area contributed by atoms with Gasteiger partial charge in [0, 0.05) is 38.0 Å². The van der Waals surface area contributed by atoms with E-state index in [1.54, 1.807) is 9.80 Å². The fourth-order valence-corrected chi connectivity index (χ4v) is 3.85. The van der Waals surface area contributed by atoms with Crippen molar-refractivity contribution >= 4 is 17.8 Å². The summed E-state index contributed by atoms with van der Waals surface area (Å²) < 4.78 is 10.3. The number of aromatic amines is 1. The van der Waals surface area contributed by atoms with Crippen LogP contribution in [0.2, 0.25) is 0 Å². The zero-order valence-electron chi connectivity index (χ0n) is 16.7. The summed E-state index contributed by atoms with van der Waals surface area (Å²) >= 11 is 0. The van der Waals surface area contributed by atoms with Crippen molar-refractivity contribution in [3.8, 4) is 0 Å². The lowest BCUT2D eigenvalue weighted by Gasteiger charge is -2.35. The first-order valence-corrected chi connectivity index (χ1v) is 9.74. The second-order valence-electron chi connectivity index (χ2n) is 7.49. The molecule has 28 heavy (non-hydrogen) atoms. The number of nitrogens with zero attached hydrogens (tertiary/aromatic N) is 3. The first kappa shape index (κ1) is 20.3. The summed E-state index contributed by atoms with van der Waals surface area (Å²) in [5.74, 6) is -0.401. The van der Waals surface area contributed by atoms with Crippen molar-refractivity contribution in [1.29, 1.82) is 0 Å². The Bertz CT molecular complexity index is 737. The molecule has 0 aromatic carbocycles. The molecule has 2 aliphatic heterocycles. The van der Waals surface area contributed by atoms with Gasteiger partial charge >= 0.3 is 5.97 Å². The Hall–Kier alpha value is -2.42. The van der Waals surface area contributed by atoms with E-state index < -0.39 is 0 Å². The summed E-state index contributed by atoms with van der Waals surface area (Å²) in [5, 5.41) is 7.20. The number of hydrogen-bond acceptors (Lipinski definition) is 6. The number of carbonyl (C=O) groups is 3. The van der Waals surface area contributed by atoms with Crippen molar-refractivity contribution in [2.75, 3.05) is 26.7 Å². The van der Waals surface area contributed by atoms with Crippen LogP contribution in [0.1, 0.15) is 54.9 Å². The average molecular weight is 392 g/mol. The van der Waals surface area contributed by atoms with Gasteiger partial charge in [0.25, 0.3) is 5.91 Å². The number of aromatic nitrogens is 2. The van der Waals surface area contributed by atoms with Gasteiger partial charge in [-0.3, -0.25) is 19.5 Å². The van der Waals surface area contributed by atoms with Crippen molar-refractivity contribution < 1.29 is 23.9 Å². The second kappa shape index (κ2) is 8.72. The normalized spacial score (nSPS) is 22.0. The molecule has 1 aromatic rings. The van der Waals surface area contributed by atoms with E-state index in [1.165, 1.54) is 7.11 Å². The molecule has 1 aromatic heterocycles. The Balaban J connectivity index is 1.60. The summed E-state index contributed by atoms with van der Waals surface area (Å²) in [6, 6.07) is 0. The number of nitrogens with one attached hydrogen (secondary N) is 1. The van der Waals surface area contributed by atoms with Gasteiger partial charge in [-0.1, -0.05) is 0 Å². The molecule has 9 heteroatoms. The van der Waals surface area contributed by atoms with Crippen LogP contribution in [0.5, 0.6) is 0 Å². The van der Waals surface area contributed by atoms with Gasteiger partial charge in [-0.05, 0) is 26.7 Å². The number of esters is 1. The summed E-state index contributed by atoms with van der Waals surface area (Å²) in [4.78, 5) is 40.0. The van der Waals surface area contributed by atoms with E-state index in [4.69, 9.17) is 4.74 Å². The Morgan fingerprint density at radius 1 is 1.18 bits per heavy atom. The lowest BCUT2D eigenvalue weighted by Crippen LogP contribution is -2.48. The third kappa shape index (κ3) is 4.52. The fraction of sp³-hybridized carbons (Fsp3) is 0.684. The monoisotopic (exact) mass is 392 g/mol. The largest absolute Gasteiger partial charge is 0.469 e. The standard InChI is InChI=1S/C19H28N4O5/c1-12-9-23(10-13(2)28-12)19(26)18-14-7-8-22(11-15(14)20-21-18)16(24)5-4-6-17(25)27-3/h12-13H,4-11H2,1-3H3,(H,20,21)/t12-,13+. The van der Waals surface area contributed by atoms with Gasteiger partial charge in [-0.15, -0.1) is 0 Å². The molecule has 0 spiro atoms. The van der Waals surface area contributed by atoms with Gasteiger partial charge in [0.1, 0.15) is 0 Å². The number of fused-ring (bicyclic) bond motifs is 1. The van der Waals surface area contributed by atoms with E-state index >= 15 is 0 Å². The molecule has 0 saturated carbocycles. The maximum absolute atomic E-state index is 12.9. The van der Waals surface area contributed by atoms with E-state index in [0.29, 0.717) is 51.1 Å². The molecule has 0 unspecified atom stereocenters. The third-order valence-corrected chi connectivity index (χ3v) is 5.19. The Kier molecular flexibility index (Phi) is 6.33. The van der Waals surface area contributed by atoms with Crippen molar-refractivity contribution in [3.05, 3.63) is 17.0 Å². The quantitative estimate of drug-likeness (QED) is 0.746. The Morgan fingerprint density at radius 3 is 2.57 bits per heavy atom. The SMILES string of the molecule is COC(=O)CCCC(=O)N1CCc2c(C(=O)N3C[C@@H](C)O[C@@H](C)C3)n[nH]c2C1. The highest BCUT2D eigenvalue weighted by atomic mass is 16.5. The maximum atomic E-state index is 12.9. The van der Waals surface area contributed by atoms with Crippen LogP contribution in [-0.2, 0) is 32.0 Å². The van der Waals surface area contributed by atoms with Crippen LogP contribution in [0.25, 0.3) is 0 Å². The van der Waals surface area contributed by atoms with Crippen LogP contribution < -0.4 is 0 Å². The lowest BCUT2D eigenvalue weighted by atomic mass is 10.0. The molecular formula is C19H28N4O5. The van der Waals surface area contributed by atoms with E-state index in [0.717, 1.165) is 11.3 Å². The number of morpholine rings is 1. The Morgan fingerprint density at radius 2 is 1.89 bits per heavy atom. The minimum absolute atomic E-state index is 0.000529. The molecule has 3 heterocycles. The van der Waals surface area contributed by atoms with Gasteiger partial charge in [0.15, 0.2) is 5.69 Å². The van der Waals surface area contributed by atoms with E-state index in [-0.39, 0.29) is 36.4 Å². The molecule has 0 bridgehead atoms. The van der Waals surface area contributed by atoms with E-state index in [2.05, 4.69) is 14.9 Å². The summed E-state index contributed by atoms with van der Waals surface area (Å²) in [6.45, 7) is 5.97. The van der Waals surface area contributed by atoms with E-state index in [9.17, 15) is 14.4 Å². The summed E-state index contributed by atoms with van der Waals surface area (Å²) in [7, 11) is 1.34. The lowest BCUT2D eigenvalue weighted by molar-refractivity contribution is -0.141. The number of H-pyrrole nitrogens is 1. The highest BCUT2D eigenvalue weighted by Gasteiger charge is 2.32. The molecule has 1 N–H and O–H groups in total. The smallest absolute Gasteiger partial charge is 0.305 e. The predicted molar refractivity (Wildman–Crippen MR) is 99.5 cm³/mol. The third-order valence-electron chi connectivity index (χ3n) is 5.19. The van der Waals surface area contributed by atoms with E-state index in [1.807, 2.05) is 13.8 Å². The molecule has 154 valence electrons. The first-order chi connectivity index (χ1) is 13.4. The van der Waals surface area contributed by atoms with Gasteiger partial charge in [-0.25, -0.2) is 0 Å². The molecule has 2 aliphatic rings. The van der Waals surface area contributed by atoms with Gasteiger partial charge in [-0.2, -0.15) is 5.10 Å². The van der Waals surface area contributed by atoms with Crippen LogP contribution in [0.4, 0.5) is 0 Å². The molecule has 2 atom stereocenters. The minimum atomic E-state index is -0.308. The molecule has 1 fully saturated rings. The van der Waals surface area contributed by atoms with Crippen molar-refractivity contribution in [2.24, 2.45) is 0 Å². The number of ether oxygens (including phenoxy) is 2. The minimum Gasteiger partial charge on any atom is -0.469 e. The molecule has 9 nitrogen and oxygen atoms in total. The second-order valence-corrected chi connectivity index (χ2v) is 7.49. The predicted octanol–water partition coefficient (Wildman–Crippen LogP) is 0.887. The van der Waals surface area contributed by atoms with Crippen LogP contribution in [-0.4, -0.2) is 76.7 Å². The zero-order chi connectivity index (χ0) is 20.3. The van der Waals surface area contributed by atoms with Crippen LogP contribution in [0.15, 0.2) is 0 Å². The average Bonchev–Trinajstić information content (AvgIpc) is 3.09. The summed E-state index contributed by atoms with van der Waals surface area (Å²) in [6.07, 6.45) is 1.59. The summed E-state index contributed by atoms with van der Waals surface area (Å²) in [5.41, 5.74) is 2.16. The van der Waals surface area contributed by atoms with Crippen LogP contribution >= 0.6 is 0 Å². The molecule has 3 rings (SSSR count). The fourth-order valence-electron chi connectivity index (χ4n) is 3.85. The zero-order valence-corrected chi connectivity index (χ0v) is 16.7. The van der Waals surface area contributed by atoms with Gasteiger partial charge in [0.05, 0.1) is 31.6 Å². The molecule has 2 amide bonds. The van der Waals surface area contributed by atoms with Crippen molar-refractivity contribution in [2.45, 2.75) is 58.3 Å². The van der Waals surface area contributed by atoms with Gasteiger partial charge < -0.3 is 19.3 Å². The number of hydrogen-bond donors (Lipinski definition) is 1. The van der Waals surface area contributed by atoms with Crippen molar-refractivity contribution in [1.82, 2.24) is 20.0 Å². The maximum Gasteiger partial charge on any atom is 0.305 e. The highest BCUT2D eigenvalue weighted by Crippen LogP contribution is 2.23. The Labute approximate surface area is 164 Å². The highest BCUT2D eigenvalue weighted by molar-refractivity contribution is 5.94. The van der Waals surface area contributed by atoms with Gasteiger partial charge in [0.2, 0.25) is 5.91 Å². The number of carbonyl (C=O) groups excluding carboxylic acids is 3. The van der Waals surface area contributed by atoms with Crippen LogP contribution in [0, 0.1) is 0 Å². The topological polar surface area (TPSA) is 105 Å². The molecular weight excluding hydrogens is 364 g/mol. The number of rotatable bonds is 5.